The predicted molar refractivity (Wildman–Crippen MR) is 76.3 cm³/mol. The number of aromatic amines is 1. The van der Waals surface area contributed by atoms with Crippen LogP contribution < -0.4 is 0 Å². The number of aromatic nitrogens is 6. The Kier molecular flexibility index (Phi) is 2.74. The van der Waals surface area contributed by atoms with E-state index in [0.717, 1.165) is 10.6 Å². The first-order chi connectivity index (χ1) is 10.3. The first kappa shape index (κ1) is 12.2. The lowest BCUT2D eigenvalue weighted by molar-refractivity contribution is 0.625. The Morgan fingerprint density at radius 2 is 2.29 bits per heavy atom. The molecular formula is C13H9FN6S. The maximum atomic E-state index is 13.6. The molecule has 0 atom stereocenters. The molecule has 0 spiro atoms. The molecule has 104 valence electrons. The second-order valence-electron chi connectivity index (χ2n) is 4.49. The maximum Gasteiger partial charge on any atom is 0.151 e. The smallest absolute Gasteiger partial charge is 0.151 e. The SMILES string of the molecule is Fc1cccc2[nH]c(Cn3cc(-c4cncs4)nn3)nc12. The van der Waals surface area contributed by atoms with Crippen LogP contribution in [0.3, 0.4) is 0 Å². The highest BCUT2D eigenvalue weighted by atomic mass is 32.1. The molecule has 3 aromatic heterocycles. The maximum absolute atomic E-state index is 13.6. The van der Waals surface area contributed by atoms with Gasteiger partial charge in [-0.05, 0) is 12.1 Å². The van der Waals surface area contributed by atoms with Crippen LogP contribution in [0.1, 0.15) is 5.82 Å². The van der Waals surface area contributed by atoms with Gasteiger partial charge in [-0.25, -0.2) is 14.1 Å². The van der Waals surface area contributed by atoms with Gasteiger partial charge in [0.1, 0.15) is 23.6 Å². The van der Waals surface area contributed by atoms with Gasteiger partial charge in [-0.3, -0.25) is 4.98 Å². The minimum atomic E-state index is -0.334. The number of benzene rings is 1. The Balaban J connectivity index is 1.64. The lowest BCUT2D eigenvalue weighted by Gasteiger charge is -1.94. The molecule has 1 N–H and O–H groups in total. The summed E-state index contributed by atoms with van der Waals surface area (Å²) in [6, 6.07) is 4.83. The fourth-order valence-corrected chi connectivity index (χ4v) is 2.68. The molecule has 0 unspecified atom stereocenters. The largest absolute Gasteiger partial charge is 0.340 e. The second-order valence-corrected chi connectivity index (χ2v) is 5.37. The third kappa shape index (κ3) is 2.19. The van der Waals surface area contributed by atoms with E-state index in [4.69, 9.17) is 0 Å². The Bertz CT molecular complexity index is 895. The molecule has 3 heterocycles. The molecule has 0 aliphatic carbocycles. The van der Waals surface area contributed by atoms with E-state index >= 15 is 0 Å². The summed E-state index contributed by atoms with van der Waals surface area (Å²) < 4.78 is 15.3. The summed E-state index contributed by atoms with van der Waals surface area (Å²) in [5, 5.41) is 8.15. The first-order valence-electron chi connectivity index (χ1n) is 6.22. The standard InChI is InChI=1S/C13H9FN6S/c14-8-2-1-3-9-13(8)17-12(16-9)6-20-5-10(18-19-20)11-4-15-7-21-11/h1-5,7H,6H2,(H,16,17). The molecule has 0 aliphatic rings. The van der Waals surface area contributed by atoms with Gasteiger partial charge in [0.15, 0.2) is 5.82 Å². The van der Waals surface area contributed by atoms with Crippen LogP contribution >= 0.6 is 11.3 Å². The van der Waals surface area contributed by atoms with Crippen LogP contribution in [0.2, 0.25) is 0 Å². The number of para-hydroxylation sites is 1. The minimum absolute atomic E-state index is 0.334. The van der Waals surface area contributed by atoms with Crippen LogP contribution in [0, 0.1) is 5.82 Å². The summed E-state index contributed by atoms with van der Waals surface area (Å²) in [4.78, 5) is 12.3. The first-order valence-corrected chi connectivity index (χ1v) is 7.10. The van der Waals surface area contributed by atoms with Crippen molar-refractivity contribution in [2.45, 2.75) is 6.54 Å². The number of nitrogens with zero attached hydrogens (tertiary/aromatic N) is 5. The number of hydrogen-bond acceptors (Lipinski definition) is 5. The van der Waals surface area contributed by atoms with Gasteiger partial charge in [0.25, 0.3) is 0 Å². The van der Waals surface area contributed by atoms with E-state index in [1.54, 1.807) is 28.5 Å². The topological polar surface area (TPSA) is 72.3 Å². The molecule has 0 bridgehead atoms. The number of rotatable bonds is 3. The highest BCUT2D eigenvalue weighted by Gasteiger charge is 2.10. The molecule has 21 heavy (non-hydrogen) atoms. The van der Waals surface area contributed by atoms with Crippen LogP contribution in [0.4, 0.5) is 4.39 Å². The Morgan fingerprint density at radius 1 is 1.33 bits per heavy atom. The van der Waals surface area contributed by atoms with Crippen molar-refractivity contribution in [2.75, 3.05) is 0 Å². The van der Waals surface area contributed by atoms with E-state index in [1.807, 2.05) is 6.20 Å². The quantitative estimate of drug-likeness (QED) is 0.631. The number of H-pyrrole nitrogens is 1. The van der Waals surface area contributed by atoms with Gasteiger partial charge in [0, 0.05) is 6.20 Å². The number of thiazole rings is 1. The highest BCUT2D eigenvalue weighted by Crippen LogP contribution is 2.20. The molecule has 0 radical (unpaired) electrons. The second kappa shape index (κ2) is 4.74. The summed E-state index contributed by atoms with van der Waals surface area (Å²) >= 11 is 1.50. The molecule has 0 aliphatic heterocycles. The van der Waals surface area contributed by atoms with E-state index in [2.05, 4.69) is 25.3 Å². The third-order valence-electron chi connectivity index (χ3n) is 3.05. The van der Waals surface area contributed by atoms with Crippen molar-refractivity contribution in [3.63, 3.8) is 0 Å². The van der Waals surface area contributed by atoms with Crippen molar-refractivity contribution >= 4 is 22.4 Å². The van der Waals surface area contributed by atoms with Gasteiger partial charge in [0.05, 0.1) is 22.1 Å². The van der Waals surface area contributed by atoms with Crippen LogP contribution in [0.5, 0.6) is 0 Å². The van der Waals surface area contributed by atoms with Gasteiger partial charge in [-0.2, -0.15) is 0 Å². The zero-order valence-electron chi connectivity index (χ0n) is 10.7. The number of fused-ring (bicyclic) bond motifs is 1. The molecule has 0 fully saturated rings. The molecule has 0 saturated carbocycles. The number of imidazole rings is 1. The van der Waals surface area contributed by atoms with E-state index in [9.17, 15) is 4.39 Å². The van der Waals surface area contributed by atoms with Crippen LogP contribution in [-0.4, -0.2) is 29.9 Å². The normalized spacial score (nSPS) is 11.3. The van der Waals surface area contributed by atoms with Crippen molar-refractivity contribution in [1.82, 2.24) is 29.9 Å². The van der Waals surface area contributed by atoms with Crippen LogP contribution in [0.15, 0.2) is 36.1 Å². The summed E-state index contributed by atoms with van der Waals surface area (Å²) in [7, 11) is 0. The van der Waals surface area contributed by atoms with Crippen molar-refractivity contribution in [1.29, 1.82) is 0 Å². The lowest BCUT2D eigenvalue weighted by Crippen LogP contribution is -2.02. The van der Waals surface area contributed by atoms with Crippen LogP contribution in [0.25, 0.3) is 21.6 Å². The Hall–Kier alpha value is -2.61. The average Bonchev–Trinajstić information content (AvgIpc) is 3.18. The summed E-state index contributed by atoms with van der Waals surface area (Å²) in [6.07, 6.45) is 3.56. The van der Waals surface area contributed by atoms with Crippen molar-refractivity contribution in [2.24, 2.45) is 0 Å². The van der Waals surface area contributed by atoms with Gasteiger partial charge in [0.2, 0.25) is 0 Å². The summed E-state index contributed by atoms with van der Waals surface area (Å²) in [5.41, 5.74) is 3.53. The van der Waals surface area contributed by atoms with Gasteiger partial charge in [-0.1, -0.05) is 11.3 Å². The Labute approximate surface area is 122 Å². The average molecular weight is 300 g/mol. The van der Waals surface area contributed by atoms with Gasteiger partial charge in [-0.15, -0.1) is 16.4 Å². The number of nitrogens with one attached hydrogen (secondary N) is 1. The highest BCUT2D eigenvalue weighted by molar-refractivity contribution is 7.13. The third-order valence-corrected chi connectivity index (χ3v) is 3.84. The predicted octanol–water partition coefficient (Wildman–Crippen LogP) is 2.47. The monoisotopic (exact) mass is 300 g/mol. The van der Waals surface area contributed by atoms with Crippen molar-refractivity contribution in [3.8, 4) is 10.6 Å². The minimum Gasteiger partial charge on any atom is -0.340 e. The van der Waals surface area contributed by atoms with Gasteiger partial charge < -0.3 is 4.98 Å². The van der Waals surface area contributed by atoms with Gasteiger partial charge >= 0.3 is 0 Å². The summed E-state index contributed by atoms with van der Waals surface area (Å²) in [6.45, 7) is 0.403. The summed E-state index contributed by atoms with van der Waals surface area (Å²) in [5.74, 6) is 0.301. The molecule has 4 rings (SSSR count). The number of hydrogen-bond donors (Lipinski definition) is 1. The molecule has 4 aromatic rings. The van der Waals surface area contributed by atoms with E-state index in [-0.39, 0.29) is 5.82 Å². The van der Waals surface area contributed by atoms with Crippen LogP contribution in [-0.2, 0) is 6.54 Å². The fraction of sp³-hybridized carbons (Fsp3) is 0.0769. The lowest BCUT2D eigenvalue weighted by atomic mass is 10.3. The fourth-order valence-electron chi connectivity index (χ4n) is 2.11. The molecule has 6 nitrogen and oxygen atoms in total. The Morgan fingerprint density at radius 3 is 3.10 bits per heavy atom. The molecule has 1 aromatic carbocycles. The molecule has 0 saturated heterocycles. The molecule has 8 heteroatoms. The zero-order chi connectivity index (χ0) is 14.2. The van der Waals surface area contributed by atoms with E-state index in [0.29, 0.717) is 23.4 Å². The molecule has 0 amide bonds. The van der Waals surface area contributed by atoms with Crippen molar-refractivity contribution in [3.05, 3.63) is 47.7 Å². The number of halogens is 1. The van der Waals surface area contributed by atoms with Crippen molar-refractivity contribution < 1.29 is 4.39 Å². The van der Waals surface area contributed by atoms with E-state index < -0.39 is 0 Å². The zero-order valence-corrected chi connectivity index (χ0v) is 11.5. The van der Waals surface area contributed by atoms with E-state index in [1.165, 1.54) is 17.4 Å². The molecular weight excluding hydrogens is 291 g/mol.